The molecule has 0 radical (unpaired) electrons. The lowest BCUT2D eigenvalue weighted by Crippen LogP contribution is -2.23. The van der Waals surface area contributed by atoms with Crippen LogP contribution >= 0.6 is 0 Å². The molecule has 1 aromatic heterocycles. The van der Waals surface area contributed by atoms with E-state index in [1.54, 1.807) is 19.4 Å². The number of nitrogens with one attached hydrogen (secondary N) is 1. The molecule has 28 heavy (non-hydrogen) atoms. The largest absolute Gasteiger partial charge is 0.384 e. The average molecular weight is 380 g/mol. The van der Waals surface area contributed by atoms with E-state index >= 15 is 0 Å². The number of nitrogens with zero attached hydrogens (tertiary/aromatic N) is 2. The van der Waals surface area contributed by atoms with Crippen LogP contribution in [0.1, 0.15) is 21.6 Å². The van der Waals surface area contributed by atoms with Crippen molar-refractivity contribution in [2.45, 2.75) is 13.0 Å². The monoisotopic (exact) mass is 380 g/mol. The zero-order valence-corrected chi connectivity index (χ0v) is 15.5. The zero-order valence-electron chi connectivity index (χ0n) is 15.5. The molecule has 3 rings (SSSR count). The van der Waals surface area contributed by atoms with E-state index in [0.717, 1.165) is 5.56 Å². The lowest BCUT2D eigenvalue weighted by Gasteiger charge is -2.10. The molecule has 0 unspecified atom stereocenters. The maximum atomic E-state index is 14.6. The number of carbonyl (C=O) groups excluding carboxylic acids is 1. The fourth-order valence-electron chi connectivity index (χ4n) is 2.69. The number of aromatic nitrogens is 2. The number of nitrogen functional groups attached to an aromatic ring is 1. The van der Waals surface area contributed by atoms with Crippen LogP contribution in [0.15, 0.2) is 54.7 Å². The smallest absolute Gasteiger partial charge is 0.254 e. The molecule has 0 spiro atoms. The molecule has 3 aromatic rings. The van der Waals surface area contributed by atoms with Gasteiger partial charge in [-0.3, -0.25) is 4.79 Å². The lowest BCUT2D eigenvalue weighted by atomic mass is 10.1. The third kappa shape index (κ3) is 4.69. The standard InChI is InChI=1S/C21H21FN4O2/c1-28-10-9-16-13-24-20(23)19(26-16)15-7-8-17(18(22)11-15)21(27)25-12-14-5-3-2-4-6-14/h2-8,11,13H,9-10,12H2,1H3,(H2,23,24)(H,25,27). The van der Waals surface area contributed by atoms with Gasteiger partial charge < -0.3 is 15.8 Å². The van der Waals surface area contributed by atoms with Gasteiger partial charge in [-0.1, -0.05) is 36.4 Å². The summed E-state index contributed by atoms with van der Waals surface area (Å²) in [5.74, 6) is -0.936. The first kappa shape index (κ1) is 19.4. The molecule has 0 saturated heterocycles. The molecule has 144 valence electrons. The highest BCUT2D eigenvalue weighted by atomic mass is 19.1. The number of rotatable bonds is 7. The molecular formula is C21H21FN4O2. The predicted octanol–water partition coefficient (Wildman–Crippen LogP) is 2.98. The molecule has 3 N–H and O–H groups in total. The minimum atomic E-state index is -0.647. The maximum Gasteiger partial charge on any atom is 0.254 e. The van der Waals surface area contributed by atoms with Crippen LogP contribution in [0.25, 0.3) is 11.3 Å². The van der Waals surface area contributed by atoms with Gasteiger partial charge >= 0.3 is 0 Å². The van der Waals surface area contributed by atoms with Crippen LogP contribution in [0.5, 0.6) is 0 Å². The van der Waals surface area contributed by atoms with Gasteiger partial charge in [0.05, 0.1) is 24.1 Å². The first-order valence-corrected chi connectivity index (χ1v) is 8.81. The van der Waals surface area contributed by atoms with Gasteiger partial charge in [-0.2, -0.15) is 0 Å². The molecule has 7 heteroatoms. The van der Waals surface area contributed by atoms with Crippen molar-refractivity contribution in [3.8, 4) is 11.3 Å². The second kappa shape index (κ2) is 9.05. The number of ether oxygens (including phenoxy) is 1. The molecular weight excluding hydrogens is 359 g/mol. The molecule has 0 fully saturated rings. The summed E-state index contributed by atoms with van der Waals surface area (Å²) in [6, 6.07) is 13.7. The summed E-state index contributed by atoms with van der Waals surface area (Å²) >= 11 is 0. The van der Waals surface area contributed by atoms with Crippen molar-refractivity contribution in [1.29, 1.82) is 0 Å². The third-order valence-corrected chi connectivity index (χ3v) is 4.20. The number of benzene rings is 2. The number of hydrogen-bond donors (Lipinski definition) is 2. The molecule has 2 aromatic carbocycles. The van der Waals surface area contributed by atoms with Gasteiger partial charge in [-0.25, -0.2) is 14.4 Å². The van der Waals surface area contributed by atoms with Crippen LogP contribution in [0.2, 0.25) is 0 Å². The van der Waals surface area contributed by atoms with Crippen molar-refractivity contribution in [2.24, 2.45) is 0 Å². The normalized spacial score (nSPS) is 10.6. The number of hydrogen-bond acceptors (Lipinski definition) is 5. The van der Waals surface area contributed by atoms with Gasteiger partial charge in [0.25, 0.3) is 5.91 Å². The van der Waals surface area contributed by atoms with Gasteiger partial charge in [-0.15, -0.1) is 0 Å². The van der Waals surface area contributed by atoms with Crippen molar-refractivity contribution in [3.05, 3.63) is 77.4 Å². The van der Waals surface area contributed by atoms with Gasteiger partial charge in [0, 0.05) is 25.6 Å². The number of nitrogens with two attached hydrogens (primary N) is 1. The molecule has 0 aliphatic heterocycles. The van der Waals surface area contributed by atoms with Crippen LogP contribution in [-0.4, -0.2) is 29.6 Å². The van der Waals surface area contributed by atoms with Gasteiger partial charge in [-0.05, 0) is 17.7 Å². The van der Waals surface area contributed by atoms with Crippen molar-refractivity contribution in [3.63, 3.8) is 0 Å². The number of amides is 1. The summed E-state index contributed by atoms with van der Waals surface area (Å²) < 4.78 is 19.6. The molecule has 0 atom stereocenters. The van der Waals surface area contributed by atoms with Crippen LogP contribution in [0.4, 0.5) is 10.2 Å². The summed E-state index contributed by atoms with van der Waals surface area (Å²) in [5.41, 5.74) is 8.33. The highest BCUT2D eigenvalue weighted by Gasteiger charge is 2.15. The van der Waals surface area contributed by atoms with E-state index in [0.29, 0.717) is 36.5 Å². The molecule has 1 heterocycles. The molecule has 6 nitrogen and oxygen atoms in total. The Balaban J connectivity index is 1.77. The summed E-state index contributed by atoms with van der Waals surface area (Å²) in [6.07, 6.45) is 2.14. The Morgan fingerprint density at radius 1 is 1.21 bits per heavy atom. The Bertz CT molecular complexity index is 964. The van der Waals surface area contributed by atoms with Crippen molar-refractivity contribution in [2.75, 3.05) is 19.5 Å². The first-order chi connectivity index (χ1) is 13.6. The van der Waals surface area contributed by atoms with Crippen LogP contribution in [0, 0.1) is 5.82 Å². The van der Waals surface area contributed by atoms with Gasteiger partial charge in [0.2, 0.25) is 0 Å². The van der Waals surface area contributed by atoms with Gasteiger partial charge in [0.15, 0.2) is 0 Å². The maximum absolute atomic E-state index is 14.6. The van der Waals surface area contributed by atoms with Crippen LogP contribution < -0.4 is 11.1 Å². The van der Waals surface area contributed by atoms with E-state index in [1.165, 1.54) is 12.1 Å². The summed E-state index contributed by atoms with van der Waals surface area (Å²) in [4.78, 5) is 20.9. The van der Waals surface area contributed by atoms with E-state index in [-0.39, 0.29) is 11.4 Å². The van der Waals surface area contributed by atoms with Crippen molar-refractivity contribution < 1.29 is 13.9 Å². The van der Waals surface area contributed by atoms with Crippen LogP contribution in [-0.2, 0) is 17.7 Å². The third-order valence-electron chi connectivity index (χ3n) is 4.20. The molecule has 0 aliphatic rings. The topological polar surface area (TPSA) is 90.1 Å². The highest BCUT2D eigenvalue weighted by Crippen LogP contribution is 2.24. The quantitative estimate of drug-likeness (QED) is 0.658. The first-order valence-electron chi connectivity index (χ1n) is 8.81. The van der Waals surface area contributed by atoms with E-state index in [9.17, 15) is 9.18 Å². The summed E-state index contributed by atoms with van der Waals surface area (Å²) in [7, 11) is 1.60. The number of methoxy groups -OCH3 is 1. The van der Waals surface area contributed by atoms with Gasteiger partial charge in [0.1, 0.15) is 17.3 Å². The number of anilines is 1. The summed E-state index contributed by atoms with van der Waals surface area (Å²) in [6.45, 7) is 0.813. The SMILES string of the molecule is COCCc1cnc(N)c(-c2ccc(C(=O)NCc3ccccc3)c(F)c2)n1. The summed E-state index contributed by atoms with van der Waals surface area (Å²) in [5, 5.41) is 2.71. The van der Waals surface area contributed by atoms with E-state index in [4.69, 9.17) is 10.5 Å². The average Bonchev–Trinajstić information content (AvgIpc) is 2.72. The molecule has 0 aliphatic carbocycles. The Hall–Kier alpha value is -3.32. The second-order valence-electron chi connectivity index (χ2n) is 6.20. The predicted molar refractivity (Wildman–Crippen MR) is 105 cm³/mol. The molecule has 1 amide bonds. The minimum Gasteiger partial charge on any atom is -0.384 e. The Kier molecular flexibility index (Phi) is 6.29. The second-order valence-corrected chi connectivity index (χ2v) is 6.20. The van der Waals surface area contributed by atoms with E-state index in [1.807, 2.05) is 30.3 Å². The number of halogens is 1. The van der Waals surface area contributed by atoms with Crippen molar-refractivity contribution in [1.82, 2.24) is 15.3 Å². The van der Waals surface area contributed by atoms with E-state index in [2.05, 4.69) is 15.3 Å². The molecule has 0 bridgehead atoms. The fraction of sp³-hybridized carbons (Fsp3) is 0.190. The Labute approximate surface area is 162 Å². The van der Waals surface area contributed by atoms with Crippen LogP contribution in [0.3, 0.4) is 0 Å². The zero-order chi connectivity index (χ0) is 19.9. The Morgan fingerprint density at radius 3 is 2.71 bits per heavy atom. The molecule has 0 saturated carbocycles. The lowest BCUT2D eigenvalue weighted by molar-refractivity contribution is 0.0947. The fourth-order valence-corrected chi connectivity index (χ4v) is 2.69. The van der Waals surface area contributed by atoms with E-state index < -0.39 is 11.7 Å². The van der Waals surface area contributed by atoms with Crippen molar-refractivity contribution >= 4 is 11.7 Å². The minimum absolute atomic E-state index is 0.0400. The highest BCUT2D eigenvalue weighted by molar-refractivity contribution is 5.95. The number of carbonyl (C=O) groups is 1. The Morgan fingerprint density at radius 2 is 2.00 bits per heavy atom.